The highest BCUT2D eigenvalue weighted by molar-refractivity contribution is 6.35. The molecular formula is C9H11Cl2NO. The first-order chi connectivity index (χ1) is 6.24. The molecule has 0 aliphatic heterocycles. The maximum absolute atomic E-state index is 5.96. The second kappa shape index (κ2) is 5.45. The molecule has 0 saturated carbocycles. The number of hydrogen-bond donors (Lipinski definition) is 1. The Labute approximate surface area is 87.8 Å². The predicted octanol–water partition coefficient (Wildman–Crippen LogP) is 2.69. The Morgan fingerprint density at radius 3 is 2.77 bits per heavy atom. The highest BCUT2D eigenvalue weighted by Crippen LogP contribution is 2.20. The fourth-order valence-electron chi connectivity index (χ4n) is 1.01. The van der Waals surface area contributed by atoms with Crippen molar-refractivity contribution in [2.45, 2.75) is 6.42 Å². The highest BCUT2D eigenvalue weighted by atomic mass is 35.5. The number of hydrogen-bond acceptors (Lipinski definition) is 2. The monoisotopic (exact) mass is 219 g/mol. The molecule has 0 atom stereocenters. The predicted molar refractivity (Wildman–Crippen MR) is 55.2 cm³/mol. The zero-order valence-electron chi connectivity index (χ0n) is 7.31. The molecule has 0 radical (unpaired) electrons. The Morgan fingerprint density at radius 2 is 2.15 bits per heavy atom. The fraction of sp³-hybridized carbons (Fsp3) is 0.333. The third-order valence-electron chi connectivity index (χ3n) is 1.66. The minimum absolute atomic E-state index is 0.661. The van der Waals surface area contributed by atoms with E-state index in [4.69, 9.17) is 28.0 Å². The van der Waals surface area contributed by atoms with Crippen molar-refractivity contribution in [1.29, 1.82) is 0 Å². The molecule has 0 spiro atoms. The van der Waals surface area contributed by atoms with E-state index in [-0.39, 0.29) is 0 Å². The van der Waals surface area contributed by atoms with E-state index in [1.165, 1.54) is 0 Å². The molecule has 4 heteroatoms. The molecule has 0 heterocycles. The van der Waals surface area contributed by atoms with Crippen LogP contribution in [-0.2, 0) is 11.3 Å². The van der Waals surface area contributed by atoms with E-state index in [0.29, 0.717) is 10.0 Å². The number of benzene rings is 1. The molecule has 0 fully saturated rings. The minimum atomic E-state index is 0.661. The lowest BCUT2D eigenvalue weighted by Gasteiger charge is -2.04. The molecule has 72 valence electrons. The standard InChI is InChI=1S/C9H11Cl2NO/c1-13-12-5-4-7-2-3-8(10)6-9(7)11/h2-3,6,12H,4-5H2,1H3. The second-order valence-electron chi connectivity index (χ2n) is 2.58. The molecular weight excluding hydrogens is 209 g/mol. The molecule has 1 N–H and O–H groups in total. The fourth-order valence-corrected chi connectivity index (χ4v) is 1.52. The van der Waals surface area contributed by atoms with Crippen LogP contribution in [0, 0.1) is 0 Å². The second-order valence-corrected chi connectivity index (χ2v) is 3.43. The maximum Gasteiger partial charge on any atom is 0.0572 e. The lowest BCUT2D eigenvalue weighted by Crippen LogP contribution is -2.15. The summed E-state index contributed by atoms with van der Waals surface area (Å²) in [6.45, 7) is 0.734. The SMILES string of the molecule is CONCCc1ccc(Cl)cc1Cl. The van der Waals surface area contributed by atoms with Gasteiger partial charge in [-0.1, -0.05) is 29.3 Å². The van der Waals surface area contributed by atoms with E-state index in [9.17, 15) is 0 Å². The van der Waals surface area contributed by atoms with Crippen molar-refractivity contribution in [2.75, 3.05) is 13.7 Å². The summed E-state index contributed by atoms with van der Waals surface area (Å²) < 4.78 is 0. The van der Waals surface area contributed by atoms with Crippen LogP contribution in [0.15, 0.2) is 18.2 Å². The van der Waals surface area contributed by atoms with Gasteiger partial charge in [0.15, 0.2) is 0 Å². The van der Waals surface area contributed by atoms with E-state index in [0.717, 1.165) is 18.5 Å². The number of hydroxylamine groups is 1. The van der Waals surface area contributed by atoms with Gasteiger partial charge in [-0.25, -0.2) is 5.48 Å². The summed E-state index contributed by atoms with van der Waals surface area (Å²) in [7, 11) is 1.59. The van der Waals surface area contributed by atoms with Gasteiger partial charge in [0.1, 0.15) is 0 Å². The molecule has 1 aromatic carbocycles. The van der Waals surface area contributed by atoms with Crippen molar-refractivity contribution >= 4 is 23.2 Å². The van der Waals surface area contributed by atoms with Crippen LogP contribution in [0.25, 0.3) is 0 Å². The topological polar surface area (TPSA) is 21.3 Å². The van der Waals surface area contributed by atoms with Crippen molar-refractivity contribution in [1.82, 2.24) is 5.48 Å². The van der Waals surface area contributed by atoms with Gasteiger partial charge in [-0.15, -0.1) is 0 Å². The minimum Gasteiger partial charge on any atom is -0.305 e. The largest absolute Gasteiger partial charge is 0.305 e. The first kappa shape index (κ1) is 10.8. The molecule has 0 aliphatic carbocycles. The Hall–Kier alpha value is -0.280. The van der Waals surface area contributed by atoms with Gasteiger partial charge >= 0.3 is 0 Å². The van der Waals surface area contributed by atoms with Crippen molar-refractivity contribution in [2.24, 2.45) is 0 Å². The van der Waals surface area contributed by atoms with Crippen molar-refractivity contribution in [3.63, 3.8) is 0 Å². The summed E-state index contributed by atoms with van der Waals surface area (Å²) >= 11 is 11.7. The van der Waals surface area contributed by atoms with Crippen LogP contribution in [0.5, 0.6) is 0 Å². The van der Waals surface area contributed by atoms with Crippen LogP contribution in [0.1, 0.15) is 5.56 Å². The zero-order valence-corrected chi connectivity index (χ0v) is 8.82. The Balaban J connectivity index is 2.56. The normalized spacial score (nSPS) is 10.4. The molecule has 1 aromatic rings. The van der Waals surface area contributed by atoms with Gasteiger partial charge in [-0.05, 0) is 24.1 Å². The van der Waals surface area contributed by atoms with Gasteiger partial charge in [0.05, 0.1) is 7.11 Å². The van der Waals surface area contributed by atoms with Crippen LogP contribution in [0.3, 0.4) is 0 Å². The number of rotatable bonds is 4. The summed E-state index contributed by atoms with van der Waals surface area (Å²) in [5.41, 5.74) is 3.81. The summed E-state index contributed by atoms with van der Waals surface area (Å²) in [6.07, 6.45) is 0.823. The zero-order chi connectivity index (χ0) is 9.68. The molecule has 0 aromatic heterocycles. The Morgan fingerprint density at radius 1 is 1.38 bits per heavy atom. The highest BCUT2D eigenvalue weighted by Gasteiger charge is 2.00. The van der Waals surface area contributed by atoms with Crippen LogP contribution in [0.4, 0.5) is 0 Å². The summed E-state index contributed by atoms with van der Waals surface area (Å²) in [5.74, 6) is 0. The third-order valence-corrected chi connectivity index (χ3v) is 2.24. The summed E-state index contributed by atoms with van der Waals surface area (Å²) in [6, 6.07) is 5.49. The molecule has 1 rings (SSSR count). The van der Waals surface area contributed by atoms with Crippen molar-refractivity contribution < 1.29 is 4.84 Å². The van der Waals surface area contributed by atoms with Gasteiger partial charge in [-0.2, -0.15) is 0 Å². The smallest absolute Gasteiger partial charge is 0.0572 e. The van der Waals surface area contributed by atoms with E-state index in [1.807, 2.05) is 12.1 Å². The average Bonchev–Trinajstić information content (AvgIpc) is 2.09. The van der Waals surface area contributed by atoms with E-state index >= 15 is 0 Å². The van der Waals surface area contributed by atoms with Gasteiger partial charge < -0.3 is 4.84 Å². The summed E-state index contributed by atoms with van der Waals surface area (Å²) in [4.78, 5) is 4.71. The number of nitrogens with one attached hydrogen (secondary N) is 1. The molecule has 0 saturated heterocycles. The first-order valence-corrected chi connectivity index (χ1v) is 4.69. The van der Waals surface area contributed by atoms with E-state index in [1.54, 1.807) is 13.2 Å². The molecule has 0 aliphatic rings. The van der Waals surface area contributed by atoms with E-state index in [2.05, 4.69) is 5.48 Å². The van der Waals surface area contributed by atoms with Crippen LogP contribution in [0.2, 0.25) is 10.0 Å². The Bertz CT molecular complexity index is 278. The maximum atomic E-state index is 5.96. The lowest BCUT2D eigenvalue weighted by atomic mass is 10.1. The third kappa shape index (κ3) is 3.53. The van der Waals surface area contributed by atoms with Crippen molar-refractivity contribution in [3.05, 3.63) is 33.8 Å². The lowest BCUT2D eigenvalue weighted by molar-refractivity contribution is 0.0928. The van der Waals surface area contributed by atoms with Crippen LogP contribution >= 0.6 is 23.2 Å². The number of halogens is 2. The molecule has 0 amide bonds. The van der Waals surface area contributed by atoms with Gasteiger partial charge in [-0.3, -0.25) is 0 Å². The Kier molecular flexibility index (Phi) is 4.53. The summed E-state index contributed by atoms with van der Waals surface area (Å²) in [5, 5.41) is 1.36. The van der Waals surface area contributed by atoms with Crippen molar-refractivity contribution in [3.8, 4) is 0 Å². The molecule has 0 unspecified atom stereocenters. The van der Waals surface area contributed by atoms with Gasteiger partial charge in [0.2, 0.25) is 0 Å². The van der Waals surface area contributed by atoms with Crippen LogP contribution in [-0.4, -0.2) is 13.7 Å². The average molecular weight is 220 g/mol. The molecule has 0 bridgehead atoms. The molecule has 13 heavy (non-hydrogen) atoms. The molecule has 2 nitrogen and oxygen atoms in total. The van der Waals surface area contributed by atoms with E-state index < -0.39 is 0 Å². The van der Waals surface area contributed by atoms with Gasteiger partial charge in [0.25, 0.3) is 0 Å². The quantitative estimate of drug-likeness (QED) is 0.622. The first-order valence-electron chi connectivity index (χ1n) is 3.94. The van der Waals surface area contributed by atoms with Gasteiger partial charge in [0, 0.05) is 16.6 Å². The van der Waals surface area contributed by atoms with Crippen LogP contribution < -0.4 is 5.48 Å².